The predicted molar refractivity (Wildman–Crippen MR) is 99.0 cm³/mol. The van der Waals surface area contributed by atoms with Gasteiger partial charge >= 0.3 is 5.97 Å². The van der Waals surface area contributed by atoms with Gasteiger partial charge in [-0.05, 0) is 19.9 Å². The summed E-state index contributed by atoms with van der Waals surface area (Å²) < 4.78 is 12.3. The second-order valence-corrected chi connectivity index (χ2v) is 6.13. The number of nitrogens with zero attached hydrogens (tertiary/aromatic N) is 4. The van der Waals surface area contributed by atoms with Crippen molar-refractivity contribution in [2.75, 3.05) is 0 Å². The summed E-state index contributed by atoms with van der Waals surface area (Å²) in [7, 11) is 0. The molecule has 0 radical (unpaired) electrons. The molecule has 4 aromatic rings. The topological polar surface area (TPSA) is 83.0 Å². The number of aromatic nitrogens is 4. The minimum absolute atomic E-state index is 0.0199. The summed E-state index contributed by atoms with van der Waals surface area (Å²) >= 11 is 0. The Hall–Kier alpha value is -3.48. The maximum absolute atomic E-state index is 12.8. The third-order valence-corrected chi connectivity index (χ3v) is 4.22. The number of hydrogen-bond donors (Lipinski definition) is 0. The van der Waals surface area contributed by atoms with E-state index in [4.69, 9.17) is 14.2 Å². The molecule has 0 amide bonds. The van der Waals surface area contributed by atoms with Crippen molar-refractivity contribution < 1.29 is 14.1 Å². The molecule has 0 saturated heterocycles. The Morgan fingerprint density at radius 2 is 2.04 bits per heavy atom. The Morgan fingerprint density at radius 3 is 2.74 bits per heavy atom. The third-order valence-electron chi connectivity index (χ3n) is 4.22. The second-order valence-electron chi connectivity index (χ2n) is 6.13. The van der Waals surface area contributed by atoms with Crippen LogP contribution in [0, 0.1) is 6.92 Å². The maximum Gasteiger partial charge on any atom is 0.339 e. The van der Waals surface area contributed by atoms with Crippen LogP contribution in [0.2, 0.25) is 0 Å². The van der Waals surface area contributed by atoms with E-state index >= 15 is 0 Å². The highest BCUT2D eigenvalue weighted by atomic mass is 16.5. The molecule has 1 aromatic carbocycles. The van der Waals surface area contributed by atoms with Crippen LogP contribution >= 0.6 is 0 Å². The molecule has 3 aromatic heterocycles. The first-order valence-corrected chi connectivity index (χ1v) is 8.67. The van der Waals surface area contributed by atoms with E-state index in [9.17, 15) is 4.79 Å². The Labute approximate surface area is 155 Å². The van der Waals surface area contributed by atoms with E-state index < -0.39 is 5.97 Å². The van der Waals surface area contributed by atoms with Gasteiger partial charge in [-0.15, -0.1) is 0 Å². The third kappa shape index (κ3) is 3.31. The molecule has 0 spiro atoms. The Morgan fingerprint density at radius 1 is 1.22 bits per heavy atom. The molecule has 0 atom stereocenters. The molecule has 0 saturated carbocycles. The SMILES string of the molecule is CCn1ncc2c(C(=O)OCc3cc(C)no3)cc(-c3ccccc3)nc21. The number of carbonyl (C=O) groups excluding carboxylic acids is 1. The molecular weight excluding hydrogens is 344 g/mol. The van der Waals surface area contributed by atoms with Crippen molar-refractivity contribution in [2.24, 2.45) is 0 Å². The molecule has 136 valence electrons. The van der Waals surface area contributed by atoms with Gasteiger partial charge in [0, 0.05) is 18.2 Å². The standard InChI is InChI=1S/C20H18N4O3/c1-3-24-19-17(11-21-24)16(10-18(22-19)14-7-5-4-6-8-14)20(25)26-12-15-9-13(2)23-27-15/h4-11H,3,12H2,1-2H3. The maximum atomic E-state index is 12.8. The quantitative estimate of drug-likeness (QED) is 0.503. The van der Waals surface area contributed by atoms with E-state index in [1.165, 1.54) is 0 Å². The number of esters is 1. The summed E-state index contributed by atoms with van der Waals surface area (Å²) in [5.74, 6) is 0.0444. The van der Waals surface area contributed by atoms with E-state index in [-0.39, 0.29) is 6.61 Å². The number of fused-ring (bicyclic) bond motifs is 1. The van der Waals surface area contributed by atoms with Crippen molar-refractivity contribution in [1.82, 2.24) is 19.9 Å². The molecule has 0 aliphatic heterocycles. The molecule has 0 N–H and O–H groups in total. The van der Waals surface area contributed by atoms with Gasteiger partial charge in [-0.3, -0.25) is 0 Å². The molecule has 7 heteroatoms. The zero-order valence-corrected chi connectivity index (χ0v) is 15.0. The number of rotatable bonds is 5. The summed E-state index contributed by atoms with van der Waals surface area (Å²) in [5.41, 5.74) is 3.43. The number of pyridine rings is 1. The summed E-state index contributed by atoms with van der Waals surface area (Å²) in [6.07, 6.45) is 1.65. The van der Waals surface area contributed by atoms with Crippen LogP contribution in [-0.4, -0.2) is 25.9 Å². The van der Waals surface area contributed by atoms with Gasteiger partial charge in [-0.1, -0.05) is 35.5 Å². The van der Waals surface area contributed by atoms with Crippen LogP contribution < -0.4 is 0 Å². The number of aryl methyl sites for hydroxylation is 2. The molecule has 4 rings (SSSR count). The number of carbonyl (C=O) groups is 1. The fraction of sp³-hybridized carbons (Fsp3) is 0.200. The van der Waals surface area contributed by atoms with Gasteiger partial charge < -0.3 is 9.26 Å². The van der Waals surface area contributed by atoms with Gasteiger partial charge in [-0.25, -0.2) is 14.5 Å². The van der Waals surface area contributed by atoms with Gasteiger partial charge in [0.2, 0.25) is 0 Å². The van der Waals surface area contributed by atoms with Crippen LogP contribution in [0.3, 0.4) is 0 Å². The highest BCUT2D eigenvalue weighted by Gasteiger charge is 2.19. The summed E-state index contributed by atoms with van der Waals surface area (Å²) in [6.45, 7) is 4.46. The fourth-order valence-corrected chi connectivity index (χ4v) is 2.90. The van der Waals surface area contributed by atoms with Crippen LogP contribution in [-0.2, 0) is 17.9 Å². The van der Waals surface area contributed by atoms with Crippen LogP contribution in [0.4, 0.5) is 0 Å². The highest BCUT2D eigenvalue weighted by molar-refractivity contribution is 6.03. The Balaban J connectivity index is 1.73. The minimum Gasteiger partial charge on any atom is -0.454 e. The van der Waals surface area contributed by atoms with Gasteiger partial charge in [0.1, 0.15) is 0 Å². The van der Waals surface area contributed by atoms with Gasteiger partial charge in [0.15, 0.2) is 18.0 Å². The molecule has 0 aliphatic carbocycles. The lowest BCUT2D eigenvalue weighted by Crippen LogP contribution is -2.07. The van der Waals surface area contributed by atoms with E-state index in [0.29, 0.717) is 34.6 Å². The van der Waals surface area contributed by atoms with Gasteiger partial charge in [0.25, 0.3) is 0 Å². The predicted octanol–water partition coefficient (Wildman–Crippen LogP) is 3.77. The molecule has 3 heterocycles. The van der Waals surface area contributed by atoms with E-state index in [1.54, 1.807) is 23.0 Å². The average molecular weight is 362 g/mol. The fourth-order valence-electron chi connectivity index (χ4n) is 2.90. The first-order chi connectivity index (χ1) is 13.2. The Kier molecular flexibility index (Phi) is 4.42. The lowest BCUT2D eigenvalue weighted by molar-refractivity contribution is 0.0439. The summed E-state index contributed by atoms with van der Waals surface area (Å²) in [4.78, 5) is 17.5. The van der Waals surface area contributed by atoms with Crippen LogP contribution in [0.1, 0.15) is 28.7 Å². The lowest BCUT2D eigenvalue weighted by atomic mass is 10.1. The smallest absolute Gasteiger partial charge is 0.339 e. The van der Waals surface area contributed by atoms with E-state index in [0.717, 1.165) is 11.3 Å². The van der Waals surface area contributed by atoms with Crippen molar-refractivity contribution in [3.8, 4) is 11.3 Å². The summed E-state index contributed by atoms with van der Waals surface area (Å²) in [6, 6.07) is 13.2. The second kappa shape index (κ2) is 7.03. The van der Waals surface area contributed by atoms with Crippen LogP contribution in [0.5, 0.6) is 0 Å². The molecular formula is C20H18N4O3. The average Bonchev–Trinajstić information content (AvgIpc) is 3.31. The number of benzene rings is 1. The normalized spacial score (nSPS) is 11.0. The van der Waals surface area contributed by atoms with E-state index in [2.05, 4.69) is 10.3 Å². The highest BCUT2D eigenvalue weighted by Crippen LogP contribution is 2.25. The van der Waals surface area contributed by atoms with Crippen molar-refractivity contribution >= 4 is 17.0 Å². The molecule has 7 nitrogen and oxygen atoms in total. The van der Waals surface area contributed by atoms with Gasteiger partial charge in [-0.2, -0.15) is 5.10 Å². The number of ether oxygens (including phenoxy) is 1. The minimum atomic E-state index is -0.454. The first-order valence-electron chi connectivity index (χ1n) is 8.67. The van der Waals surface area contributed by atoms with Crippen molar-refractivity contribution in [3.05, 3.63) is 65.7 Å². The molecule has 27 heavy (non-hydrogen) atoms. The van der Waals surface area contributed by atoms with E-state index in [1.807, 2.05) is 44.2 Å². The van der Waals surface area contributed by atoms with Gasteiger partial charge in [0.05, 0.1) is 28.5 Å². The lowest BCUT2D eigenvalue weighted by Gasteiger charge is -2.08. The molecule has 0 unspecified atom stereocenters. The largest absolute Gasteiger partial charge is 0.454 e. The van der Waals surface area contributed by atoms with Crippen molar-refractivity contribution in [2.45, 2.75) is 27.0 Å². The van der Waals surface area contributed by atoms with Crippen LogP contribution in [0.15, 0.2) is 53.2 Å². The Bertz CT molecular complexity index is 1100. The molecule has 0 bridgehead atoms. The van der Waals surface area contributed by atoms with Crippen molar-refractivity contribution in [3.63, 3.8) is 0 Å². The van der Waals surface area contributed by atoms with Crippen molar-refractivity contribution in [1.29, 1.82) is 0 Å². The molecule has 0 aliphatic rings. The zero-order valence-electron chi connectivity index (χ0n) is 15.0. The molecule has 0 fully saturated rings. The number of hydrogen-bond acceptors (Lipinski definition) is 6. The zero-order chi connectivity index (χ0) is 18.8. The summed E-state index contributed by atoms with van der Waals surface area (Å²) in [5, 5.41) is 8.79. The monoisotopic (exact) mass is 362 g/mol. The van der Waals surface area contributed by atoms with Crippen LogP contribution in [0.25, 0.3) is 22.3 Å². The first kappa shape index (κ1) is 17.0.